The summed E-state index contributed by atoms with van der Waals surface area (Å²) in [4.78, 5) is 0. The van der Waals surface area contributed by atoms with Crippen molar-refractivity contribution in [2.75, 3.05) is 14.2 Å². The minimum absolute atomic E-state index is 0.107. The average molecular weight is 373 g/mol. The first-order valence-corrected chi connectivity index (χ1v) is 9.20. The third-order valence-corrected chi connectivity index (χ3v) is 5.19. The van der Waals surface area contributed by atoms with Gasteiger partial charge in [0.1, 0.15) is 23.1 Å². The maximum Gasteiger partial charge on any atom is 0.118 e. The van der Waals surface area contributed by atoms with Gasteiger partial charge in [-0.25, -0.2) is 4.68 Å². The lowest BCUT2D eigenvalue weighted by Crippen LogP contribution is -2.14. The predicted molar refractivity (Wildman–Crippen MR) is 110 cm³/mol. The van der Waals surface area contributed by atoms with Gasteiger partial charge in [-0.15, -0.1) is 5.10 Å². The molecule has 0 aliphatic heterocycles. The van der Waals surface area contributed by atoms with Crippen LogP contribution >= 0.6 is 0 Å². The van der Waals surface area contributed by atoms with E-state index in [1.165, 1.54) is 11.1 Å². The van der Waals surface area contributed by atoms with E-state index in [0.717, 1.165) is 33.7 Å². The summed E-state index contributed by atoms with van der Waals surface area (Å²) >= 11 is 0. The van der Waals surface area contributed by atoms with Crippen LogP contribution in [0.5, 0.6) is 11.5 Å². The molecule has 0 bridgehead atoms. The minimum Gasteiger partial charge on any atom is -0.497 e. The Bertz CT molecular complexity index is 1050. The molecule has 0 aliphatic rings. The lowest BCUT2D eigenvalue weighted by Gasteiger charge is -2.20. The van der Waals surface area contributed by atoms with Crippen molar-refractivity contribution >= 4 is 11.0 Å². The summed E-state index contributed by atoms with van der Waals surface area (Å²) in [5.41, 5.74) is 6.56. The van der Waals surface area contributed by atoms with Crippen molar-refractivity contribution < 1.29 is 9.47 Å². The Morgan fingerprint density at radius 2 is 1.25 bits per heavy atom. The lowest BCUT2D eigenvalue weighted by molar-refractivity contribution is 0.414. The van der Waals surface area contributed by atoms with Crippen LogP contribution in [0, 0.1) is 13.8 Å². The van der Waals surface area contributed by atoms with Gasteiger partial charge in [-0.2, -0.15) is 0 Å². The normalized spacial score (nSPS) is 11.2. The molecule has 1 aromatic heterocycles. The number of nitrogens with zero attached hydrogens (tertiary/aromatic N) is 3. The summed E-state index contributed by atoms with van der Waals surface area (Å²) in [5, 5.41) is 8.94. The number of benzene rings is 3. The van der Waals surface area contributed by atoms with E-state index in [4.69, 9.17) is 9.47 Å². The van der Waals surface area contributed by atoms with Gasteiger partial charge in [-0.05, 0) is 72.5 Å². The highest BCUT2D eigenvalue weighted by molar-refractivity contribution is 5.77. The van der Waals surface area contributed by atoms with Crippen LogP contribution in [-0.4, -0.2) is 29.2 Å². The van der Waals surface area contributed by atoms with Crippen molar-refractivity contribution in [3.63, 3.8) is 0 Å². The highest BCUT2D eigenvalue weighted by atomic mass is 16.5. The second-order valence-corrected chi connectivity index (χ2v) is 6.91. The molecule has 5 heteroatoms. The van der Waals surface area contributed by atoms with E-state index < -0.39 is 0 Å². The van der Waals surface area contributed by atoms with Crippen LogP contribution in [0.25, 0.3) is 11.0 Å². The van der Waals surface area contributed by atoms with E-state index in [1.54, 1.807) is 14.2 Å². The van der Waals surface area contributed by atoms with Gasteiger partial charge >= 0.3 is 0 Å². The minimum atomic E-state index is -0.107. The first-order valence-electron chi connectivity index (χ1n) is 9.20. The Labute approximate surface area is 164 Å². The quantitative estimate of drug-likeness (QED) is 0.509. The van der Waals surface area contributed by atoms with Gasteiger partial charge < -0.3 is 9.47 Å². The van der Waals surface area contributed by atoms with Gasteiger partial charge in [-0.1, -0.05) is 29.5 Å². The van der Waals surface area contributed by atoms with Gasteiger partial charge in [0.05, 0.1) is 19.7 Å². The molecule has 0 atom stereocenters. The molecule has 4 rings (SSSR count). The molecule has 0 aliphatic carbocycles. The van der Waals surface area contributed by atoms with Crippen molar-refractivity contribution in [2.45, 2.75) is 19.9 Å². The molecular weight excluding hydrogens is 350 g/mol. The number of aryl methyl sites for hydroxylation is 2. The molecule has 0 saturated heterocycles. The standard InChI is InChI=1S/C23H23N3O2/c1-15-13-21-22(14-16(15)2)26(25-24-21)23(17-5-9-19(27-3)10-6-17)18-7-11-20(28-4)12-8-18/h5-14,23H,1-4H3. The lowest BCUT2D eigenvalue weighted by atomic mass is 9.98. The van der Waals surface area contributed by atoms with E-state index in [2.05, 4.69) is 60.6 Å². The van der Waals surface area contributed by atoms with Gasteiger partial charge in [0.25, 0.3) is 0 Å². The Hall–Kier alpha value is -3.34. The molecule has 0 saturated carbocycles. The summed E-state index contributed by atoms with van der Waals surface area (Å²) in [7, 11) is 3.35. The summed E-state index contributed by atoms with van der Waals surface area (Å²) in [6.07, 6.45) is 0. The summed E-state index contributed by atoms with van der Waals surface area (Å²) in [6.45, 7) is 4.21. The number of methoxy groups -OCH3 is 2. The molecule has 0 fully saturated rings. The molecule has 0 radical (unpaired) electrons. The fourth-order valence-corrected chi connectivity index (χ4v) is 3.43. The van der Waals surface area contributed by atoms with Crippen molar-refractivity contribution in [2.24, 2.45) is 0 Å². The summed E-state index contributed by atoms with van der Waals surface area (Å²) in [6, 6.07) is 20.3. The van der Waals surface area contributed by atoms with Crippen LogP contribution in [-0.2, 0) is 0 Å². The Balaban J connectivity index is 1.90. The van der Waals surface area contributed by atoms with Crippen molar-refractivity contribution in [1.29, 1.82) is 0 Å². The Kier molecular flexibility index (Phi) is 4.74. The zero-order chi connectivity index (χ0) is 19.7. The largest absolute Gasteiger partial charge is 0.497 e. The van der Waals surface area contributed by atoms with E-state index in [0.29, 0.717) is 0 Å². The molecule has 4 aromatic rings. The molecular formula is C23H23N3O2. The fourth-order valence-electron chi connectivity index (χ4n) is 3.43. The van der Waals surface area contributed by atoms with Gasteiger partial charge in [-0.3, -0.25) is 0 Å². The van der Waals surface area contributed by atoms with Crippen LogP contribution in [0.3, 0.4) is 0 Å². The molecule has 0 spiro atoms. The summed E-state index contributed by atoms with van der Waals surface area (Å²) in [5.74, 6) is 1.65. The molecule has 5 nitrogen and oxygen atoms in total. The first-order chi connectivity index (χ1) is 13.6. The first kappa shape index (κ1) is 18.0. The monoisotopic (exact) mass is 373 g/mol. The number of ether oxygens (including phenoxy) is 2. The highest BCUT2D eigenvalue weighted by Gasteiger charge is 2.21. The van der Waals surface area contributed by atoms with Crippen LogP contribution < -0.4 is 9.47 Å². The maximum atomic E-state index is 5.32. The zero-order valence-electron chi connectivity index (χ0n) is 16.5. The van der Waals surface area contributed by atoms with Crippen LogP contribution in [0.15, 0.2) is 60.7 Å². The Morgan fingerprint density at radius 1 is 0.750 bits per heavy atom. The van der Waals surface area contributed by atoms with Crippen LogP contribution in [0.1, 0.15) is 28.3 Å². The van der Waals surface area contributed by atoms with Crippen LogP contribution in [0.2, 0.25) is 0 Å². The number of fused-ring (bicyclic) bond motifs is 1. The molecule has 3 aromatic carbocycles. The number of hydrogen-bond acceptors (Lipinski definition) is 4. The maximum absolute atomic E-state index is 5.32. The van der Waals surface area contributed by atoms with E-state index >= 15 is 0 Å². The second-order valence-electron chi connectivity index (χ2n) is 6.91. The highest BCUT2D eigenvalue weighted by Crippen LogP contribution is 2.31. The average Bonchev–Trinajstić information content (AvgIpc) is 3.12. The van der Waals surface area contributed by atoms with Gasteiger partial charge in [0.15, 0.2) is 0 Å². The van der Waals surface area contributed by atoms with E-state index in [1.807, 2.05) is 28.9 Å². The van der Waals surface area contributed by atoms with Crippen molar-refractivity contribution in [1.82, 2.24) is 15.0 Å². The molecule has 142 valence electrons. The zero-order valence-corrected chi connectivity index (χ0v) is 16.5. The number of rotatable bonds is 5. The smallest absolute Gasteiger partial charge is 0.118 e. The van der Waals surface area contributed by atoms with Gasteiger partial charge in [0, 0.05) is 0 Å². The number of aromatic nitrogens is 3. The van der Waals surface area contributed by atoms with Gasteiger partial charge in [0.2, 0.25) is 0 Å². The topological polar surface area (TPSA) is 49.2 Å². The summed E-state index contributed by atoms with van der Waals surface area (Å²) < 4.78 is 12.6. The fraction of sp³-hybridized carbons (Fsp3) is 0.217. The third kappa shape index (κ3) is 3.20. The van der Waals surface area contributed by atoms with Crippen molar-refractivity contribution in [3.8, 4) is 11.5 Å². The number of hydrogen-bond donors (Lipinski definition) is 0. The second kappa shape index (κ2) is 7.35. The van der Waals surface area contributed by atoms with E-state index in [9.17, 15) is 0 Å². The predicted octanol–water partition coefficient (Wildman–Crippen LogP) is 4.70. The third-order valence-electron chi connectivity index (χ3n) is 5.19. The molecule has 0 unspecified atom stereocenters. The molecule has 0 N–H and O–H groups in total. The molecule has 1 heterocycles. The van der Waals surface area contributed by atoms with E-state index in [-0.39, 0.29) is 6.04 Å². The molecule has 0 amide bonds. The molecule has 28 heavy (non-hydrogen) atoms. The van der Waals surface area contributed by atoms with Crippen LogP contribution in [0.4, 0.5) is 0 Å². The SMILES string of the molecule is COc1ccc(C(c2ccc(OC)cc2)n2nnc3cc(C)c(C)cc32)cc1. The van der Waals surface area contributed by atoms with Crippen molar-refractivity contribution in [3.05, 3.63) is 82.9 Å². The Morgan fingerprint density at radius 3 is 1.75 bits per heavy atom.